The van der Waals surface area contributed by atoms with E-state index in [1.165, 1.54) is 13.8 Å². The quantitative estimate of drug-likeness (QED) is 0.907. The molecule has 3 nitrogen and oxygen atoms in total. The summed E-state index contributed by atoms with van der Waals surface area (Å²) in [6.07, 6.45) is 0. The lowest BCUT2D eigenvalue weighted by atomic mass is 10.1. The molecule has 0 unspecified atom stereocenters. The van der Waals surface area contributed by atoms with Gasteiger partial charge in [-0.2, -0.15) is 0 Å². The molecule has 1 N–H and O–H groups in total. The Morgan fingerprint density at radius 2 is 1.86 bits per heavy atom. The molecule has 1 rings (SSSR count). The predicted molar refractivity (Wildman–Crippen MR) is 56.5 cm³/mol. The Morgan fingerprint density at radius 3 is 2.29 bits per heavy atom. The monoisotopic (exact) mass is 258 g/mol. The summed E-state index contributed by atoms with van der Waals surface area (Å²) < 4.78 is 6.23. The highest BCUT2D eigenvalue weighted by Gasteiger charge is 2.29. The molecule has 0 aliphatic carbocycles. The number of benzene rings is 1. The third kappa shape index (κ3) is 2.73. The summed E-state index contributed by atoms with van der Waals surface area (Å²) in [6.45, 7) is 3.02. The van der Waals surface area contributed by atoms with Gasteiger partial charge in [-0.1, -0.05) is 15.9 Å². The van der Waals surface area contributed by atoms with Gasteiger partial charge in [0, 0.05) is 4.47 Å². The van der Waals surface area contributed by atoms with E-state index >= 15 is 0 Å². The second-order valence-corrected chi connectivity index (χ2v) is 4.29. The Morgan fingerprint density at radius 1 is 1.36 bits per heavy atom. The van der Waals surface area contributed by atoms with Crippen molar-refractivity contribution >= 4 is 21.9 Å². The van der Waals surface area contributed by atoms with Crippen LogP contribution in [-0.2, 0) is 4.79 Å². The first-order chi connectivity index (χ1) is 6.42. The molecule has 76 valence electrons. The second kappa shape index (κ2) is 4.00. The van der Waals surface area contributed by atoms with Gasteiger partial charge in [-0.25, -0.2) is 4.79 Å². The minimum absolute atomic E-state index is 0.542. The van der Waals surface area contributed by atoms with Gasteiger partial charge in [0.15, 0.2) is 5.60 Å². The lowest BCUT2D eigenvalue weighted by Crippen LogP contribution is -2.37. The number of rotatable bonds is 3. The standard InChI is InChI=1S/C10H11BrO3/c1-10(2,9(12)13)14-8-5-3-7(11)4-6-8/h3-6H,1-2H3,(H,12,13). The molecule has 0 fully saturated rings. The molecule has 0 radical (unpaired) electrons. The van der Waals surface area contributed by atoms with Gasteiger partial charge in [0.05, 0.1) is 0 Å². The minimum atomic E-state index is -1.20. The summed E-state index contributed by atoms with van der Waals surface area (Å²) in [5, 5.41) is 8.82. The lowest BCUT2D eigenvalue weighted by molar-refractivity contribution is -0.152. The zero-order chi connectivity index (χ0) is 10.8. The number of carboxylic acids is 1. The van der Waals surface area contributed by atoms with Crippen molar-refractivity contribution < 1.29 is 14.6 Å². The molecule has 0 atom stereocenters. The third-order valence-corrected chi connectivity index (χ3v) is 2.23. The summed E-state index contributed by atoms with van der Waals surface area (Å²) in [6, 6.07) is 7.03. The highest BCUT2D eigenvalue weighted by molar-refractivity contribution is 9.10. The van der Waals surface area contributed by atoms with E-state index in [0.717, 1.165) is 4.47 Å². The largest absolute Gasteiger partial charge is 0.478 e. The van der Waals surface area contributed by atoms with Gasteiger partial charge >= 0.3 is 5.97 Å². The van der Waals surface area contributed by atoms with Crippen LogP contribution in [0.5, 0.6) is 5.75 Å². The molecule has 14 heavy (non-hydrogen) atoms. The molecule has 0 amide bonds. The van der Waals surface area contributed by atoms with Crippen molar-refractivity contribution in [1.29, 1.82) is 0 Å². The van der Waals surface area contributed by atoms with Crippen LogP contribution in [0.25, 0.3) is 0 Å². The van der Waals surface area contributed by atoms with Crippen molar-refractivity contribution in [2.75, 3.05) is 0 Å². The van der Waals surface area contributed by atoms with E-state index in [2.05, 4.69) is 15.9 Å². The van der Waals surface area contributed by atoms with E-state index in [9.17, 15) is 4.79 Å². The molecule has 1 aromatic rings. The Bertz CT molecular complexity index is 330. The molecule has 1 aromatic carbocycles. The van der Waals surface area contributed by atoms with Crippen LogP contribution >= 0.6 is 15.9 Å². The molecular formula is C10H11BrO3. The van der Waals surface area contributed by atoms with Crippen molar-refractivity contribution in [1.82, 2.24) is 0 Å². The summed E-state index contributed by atoms with van der Waals surface area (Å²) in [4.78, 5) is 10.8. The predicted octanol–water partition coefficient (Wildman–Crippen LogP) is 2.69. The average molecular weight is 259 g/mol. The number of hydrogen-bond donors (Lipinski definition) is 1. The average Bonchev–Trinajstić information content (AvgIpc) is 2.08. The van der Waals surface area contributed by atoms with Crippen LogP contribution in [0, 0.1) is 0 Å². The van der Waals surface area contributed by atoms with Crippen LogP contribution in [0.2, 0.25) is 0 Å². The zero-order valence-corrected chi connectivity index (χ0v) is 9.54. The Kier molecular flexibility index (Phi) is 3.16. The smallest absolute Gasteiger partial charge is 0.347 e. The number of carboxylic acid groups (broad SMARTS) is 1. The van der Waals surface area contributed by atoms with Crippen molar-refractivity contribution in [2.24, 2.45) is 0 Å². The number of carbonyl (C=O) groups is 1. The Balaban J connectivity index is 2.79. The SMILES string of the molecule is CC(C)(Oc1ccc(Br)cc1)C(=O)O. The van der Waals surface area contributed by atoms with Crippen LogP contribution < -0.4 is 4.74 Å². The van der Waals surface area contributed by atoms with E-state index in [1.54, 1.807) is 24.3 Å². The van der Waals surface area contributed by atoms with Crippen LogP contribution in [-0.4, -0.2) is 16.7 Å². The normalized spacial score (nSPS) is 11.1. The highest BCUT2D eigenvalue weighted by atomic mass is 79.9. The topological polar surface area (TPSA) is 46.5 Å². The molecule has 0 heterocycles. The molecule has 0 saturated carbocycles. The molecule has 0 spiro atoms. The molecule has 0 aliphatic heterocycles. The number of hydrogen-bond acceptors (Lipinski definition) is 2. The van der Waals surface area contributed by atoms with E-state index in [-0.39, 0.29) is 0 Å². The summed E-state index contributed by atoms with van der Waals surface area (Å²) >= 11 is 3.28. The van der Waals surface area contributed by atoms with E-state index in [4.69, 9.17) is 9.84 Å². The van der Waals surface area contributed by atoms with Crippen LogP contribution in [0.3, 0.4) is 0 Å². The van der Waals surface area contributed by atoms with E-state index in [0.29, 0.717) is 5.75 Å². The van der Waals surface area contributed by atoms with Gasteiger partial charge in [0.1, 0.15) is 5.75 Å². The third-order valence-electron chi connectivity index (χ3n) is 1.70. The molecule has 4 heteroatoms. The van der Waals surface area contributed by atoms with Crippen molar-refractivity contribution in [3.05, 3.63) is 28.7 Å². The molecule has 0 saturated heterocycles. The number of aliphatic carboxylic acids is 1. The minimum Gasteiger partial charge on any atom is -0.478 e. The van der Waals surface area contributed by atoms with Gasteiger partial charge in [-0.05, 0) is 38.1 Å². The molecule has 0 aromatic heterocycles. The fraction of sp³-hybridized carbons (Fsp3) is 0.300. The first-order valence-electron chi connectivity index (χ1n) is 4.10. The fourth-order valence-electron chi connectivity index (χ4n) is 0.841. The Labute approximate surface area is 90.8 Å². The van der Waals surface area contributed by atoms with Gasteiger partial charge in [-0.3, -0.25) is 0 Å². The lowest BCUT2D eigenvalue weighted by Gasteiger charge is -2.21. The van der Waals surface area contributed by atoms with Crippen LogP contribution in [0.4, 0.5) is 0 Å². The van der Waals surface area contributed by atoms with Gasteiger partial charge < -0.3 is 9.84 Å². The second-order valence-electron chi connectivity index (χ2n) is 3.37. The van der Waals surface area contributed by atoms with Gasteiger partial charge in [0.25, 0.3) is 0 Å². The molecule has 0 bridgehead atoms. The fourth-order valence-corrected chi connectivity index (χ4v) is 1.11. The molecular weight excluding hydrogens is 248 g/mol. The van der Waals surface area contributed by atoms with E-state index < -0.39 is 11.6 Å². The zero-order valence-electron chi connectivity index (χ0n) is 7.95. The summed E-state index contributed by atoms with van der Waals surface area (Å²) in [7, 11) is 0. The maximum Gasteiger partial charge on any atom is 0.347 e. The summed E-state index contributed by atoms with van der Waals surface area (Å²) in [5.74, 6) is -0.444. The Hall–Kier alpha value is -1.03. The van der Waals surface area contributed by atoms with Crippen LogP contribution in [0.1, 0.15) is 13.8 Å². The maximum absolute atomic E-state index is 10.8. The van der Waals surface area contributed by atoms with Gasteiger partial charge in [0.2, 0.25) is 0 Å². The first kappa shape index (κ1) is 11.0. The maximum atomic E-state index is 10.8. The number of halogens is 1. The summed E-state index contributed by atoms with van der Waals surface area (Å²) in [5.41, 5.74) is -1.20. The van der Waals surface area contributed by atoms with Crippen molar-refractivity contribution in [3.63, 3.8) is 0 Å². The highest BCUT2D eigenvalue weighted by Crippen LogP contribution is 2.21. The van der Waals surface area contributed by atoms with Gasteiger partial charge in [-0.15, -0.1) is 0 Å². The molecule has 0 aliphatic rings. The number of ether oxygens (including phenoxy) is 1. The van der Waals surface area contributed by atoms with E-state index in [1.807, 2.05) is 0 Å². The van der Waals surface area contributed by atoms with Crippen molar-refractivity contribution in [3.8, 4) is 5.75 Å². The first-order valence-corrected chi connectivity index (χ1v) is 4.89. The van der Waals surface area contributed by atoms with Crippen LogP contribution in [0.15, 0.2) is 28.7 Å². The van der Waals surface area contributed by atoms with Crippen molar-refractivity contribution in [2.45, 2.75) is 19.4 Å².